The fourth-order valence-corrected chi connectivity index (χ4v) is 3.58. The number of hydrogen-bond donors (Lipinski definition) is 1. The monoisotopic (exact) mass is 368 g/mol. The maximum absolute atomic E-state index is 12.8. The van der Waals surface area contributed by atoms with Crippen molar-refractivity contribution >= 4 is 11.8 Å². The summed E-state index contributed by atoms with van der Waals surface area (Å²) in [5, 5.41) is 7.13. The van der Waals surface area contributed by atoms with E-state index in [9.17, 15) is 9.59 Å². The van der Waals surface area contributed by atoms with E-state index in [1.165, 1.54) is 5.56 Å². The maximum Gasteiger partial charge on any atom is 0.272 e. The number of rotatable bonds is 3. The molecule has 1 aromatic carbocycles. The van der Waals surface area contributed by atoms with Crippen molar-refractivity contribution in [3.8, 4) is 11.3 Å². The molecule has 2 amide bonds. The lowest BCUT2D eigenvalue weighted by Crippen LogP contribution is -2.52. The molecule has 0 bridgehead atoms. The molecule has 7 heteroatoms. The van der Waals surface area contributed by atoms with Crippen LogP contribution in [0.3, 0.4) is 0 Å². The molecule has 0 saturated carbocycles. The van der Waals surface area contributed by atoms with Gasteiger partial charge in [0.2, 0.25) is 0 Å². The highest BCUT2D eigenvalue weighted by Gasteiger charge is 2.31. The van der Waals surface area contributed by atoms with E-state index in [1.54, 1.807) is 11.0 Å². The van der Waals surface area contributed by atoms with Crippen LogP contribution < -0.4 is 0 Å². The fraction of sp³-hybridized carbons (Fsp3) is 0.450. The Hall–Kier alpha value is -2.67. The molecular formula is C20H24N4O3. The lowest BCUT2D eigenvalue weighted by Gasteiger charge is -2.35. The van der Waals surface area contributed by atoms with Crippen molar-refractivity contribution in [2.45, 2.75) is 25.9 Å². The number of benzene rings is 1. The van der Waals surface area contributed by atoms with Crippen molar-refractivity contribution < 1.29 is 14.3 Å². The molecule has 0 radical (unpaired) electrons. The van der Waals surface area contributed by atoms with E-state index in [2.05, 4.69) is 10.2 Å². The van der Waals surface area contributed by atoms with E-state index in [1.807, 2.05) is 36.1 Å². The Morgan fingerprint density at radius 3 is 2.48 bits per heavy atom. The molecular weight excluding hydrogens is 344 g/mol. The Bertz CT molecular complexity index is 816. The van der Waals surface area contributed by atoms with Crippen LogP contribution in [0.5, 0.6) is 0 Å². The molecule has 27 heavy (non-hydrogen) atoms. The van der Waals surface area contributed by atoms with Gasteiger partial charge < -0.3 is 14.5 Å². The van der Waals surface area contributed by atoms with Crippen LogP contribution in [0, 0.1) is 6.92 Å². The Morgan fingerprint density at radius 2 is 1.81 bits per heavy atom. The van der Waals surface area contributed by atoms with Crippen LogP contribution in [0.15, 0.2) is 30.3 Å². The number of amides is 2. The summed E-state index contributed by atoms with van der Waals surface area (Å²) >= 11 is 0. The van der Waals surface area contributed by atoms with E-state index in [-0.39, 0.29) is 17.9 Å². The van der Waals surface area contributed by atoms with E-state index in [0.29, 0.717) is 38.5 Å². The topological polar surface area (TPSA) is 78.5 Å². The molecule has 2 saturated heterocycles. The largest absolute Gasteiger partial charge is 0.368 e. The summed E-state index contributed by atoms with van der Waals surface area (Å²) in [6.07, 6.45) is 1.45. The normalized spacial score (nSPS) is 20.1. The summed E-state index contributed by atoms with van der Waals surface area (Å²) in [6.45, 7) is 4.84. The molecule has 7 nitrogen and oxygen atoms in total. The summed E-state index contributed by atoms with van der Waals surface area (Å²) in [5.41, 5.74) is 3.39. The standard InChI is InChI=1S/C20H24N4O3/c1-14-4-6-15(7-5-14)16-13-17(22-21-16)19(25)23-8-10-24(11-9-23)20(26)18-3-2-12-27-18/h4-7,13,18H,2-3,8-12H2,1H3,(H,21,22). The summed E-state index contributed by atoms with van der Waals surface area (Å²) in [5.74, 6) is -0.0205. The number of H-pyrrole nitrogens is 1. The van der Waals surface area contributed by atoms with Crippen molar-refractivity contribution in [1.82, 2.24) is 20.0 Å². The zero-order valence-corrected chi connectivity index (χ0v) is 15.5. The number of aromatic amines is 1. The summed E-state index contributed by atoms with van der Waals surface area (Å²) in [7, 11) is 0. The molecule has 0 spiro atoms. The molecule has 0 aliphatic carbocycles. The zero-order valence-electron chi connectivity index (χ0n) is 15.5. The molecule has 142 valence electrons. The molecule has 4 rings (SSSR count). The van der Waals surface area contributed by atoms with Crippen LogP contribution in [-0.4, -0.2) is 70.7 Å². The zero-order chi connectivity index (χ0) is 18.8. The van der Waals surface area contributed by atoms with E-state index in [4.69, 9.17) is 4.74 Å². The van der Waals surface area contributed by atoms with Crippen LogP contribution in [0.2, 0.25) is 0 Å². The Balaban J connectivity index is 1.37. The van der Waals surface area contributed by atoms with Gasteiger partial charge in [0.15, 0.2) is 0 Å². The SMILES string of the molecule is Cc1ccc(-c2cc(C(=O)N3CCN(C(=O)C4CCCO4)CC3)[nH]n2)cc1. The average Bonchev–Trinajstić information content (AvgIpc) is 3.40. The molecule has 1 N–H and O–H groups in total. The number of ether oxygens (including phenoxy) is 1. The number of nitrogens with zero attached hydrogens (tertiary/aromatic N) is 3. The fourth-order valence-electron chi connectivity index (χ4n) is 3.58. The first-order chi connectivity index (χ1) is 13.1. The predicted octanol–water partition coefficient (Wildman–Crippen LogP) is 1.85. The number of aryl methyl sites for hydroxylation is 1. The minimum absolute atomic E-state index is 0.0581. The molecule has 2 aliphatic rings. The third-order valence-electron chi connectivity index (χ3n) is 5.24. The van der Waals surface area contributed by atoms with Crippen molar-refractivity contribution in [2.24, 2.45) is 0 Å². The van der Waals surface area contributed by atoms with Gasteiger partial charge >= 0.3 is 0 Å². The number of hydrogen-bond acceptors (Lipinski definition) is 4. The lowest BCUT2D eigenvalue weighted by atomic mass is 10.1. The first kappa shape index (κ1) is 17.7. The first-order valence-corrected chi connectivity index (χ1v) is 9.44. The number of carbonyl (C=O) groups is 2. The van der Waals surface area contributed by atoms with Gasteiger partial charge in [-0.1, -0.05) is 29.8 Å². The van der Waals surface area contributed by atoms with E-state index < -0.39 is 0 Å². The second kappa shape index (κ2) is 7.52. The van der Waals surface area contributed by atoms with Crippen molar-refractivity contribution in [3.05, 3.63) is 41.6 Å². The van der Waals surface area contributed by atoms with Crippen LogP contribution in [0.25, 0.3) is 11.3 Å². The molecule has 3 heterocycles. The van der Waals surface area contributed by atoms with Gasteiger partial charge in [-0.25, -0.2) is 0 Å². The minimum Gasteiger partial charge on any atom is -0.368 e. The van der Waals surface area contributed by atoms with Crippen molar-refractivity contribution in [2.75, 3.05) is 32.8 Å². The van der Waals surface area contributed by atoms with Crippen LogP contribution in [-0.2, 0) is 9.53 Å². The molecule has 2 fully saturated rings. The van der Waals surface area contributed by atoms with Gasteiger partial charge in [-0.3, -0.25) is 14.7 Å². The van der Waals surface area contributed by atoms with Gasteiger partial charge in [-0.05, 0) is 25.8 Å². The number of piperazine rings is 1. The number of nitrogens with one attached hydrogen (secondary N) is 1. The van der Waals surface area contributed by atoms with Gasteiger partial charge in [-0.15, -0.1) is 0 Å². The molecule has 1 aromatic heterocycles. The summed E-state index contributed by atoms with van der Waals surface area (Å²) in [6, 6.07) is 9.83. The minimum atomic E-state index is -0.295. The van der Waals surface area contributed by atoms with Crippen LogP contribution in [0.1, 0.15) is 28.9 Å². The van der Waals surface area contributed by atoms with Gasteiger partial charge in [0.1, 0.15) is 11.8 Å². The van der Waals surface area contributed by atoms with Crippen molar-refractivity contribution in [3.63, 3.8) is 0 Å². The van der Waals surface area contributed by atoms with Crippen molar-refractivity contribution in [1.29, 1.82) is 0 Å². The van der Waals surface area contributed by atoms with Gasteiger partial charge in [-0.2, -0.15) is 5.10 Å². The summed E-state index contributed by atoms with van der Waals surface area (Å²) in [4.78, 5) is 28.7. The van der Waals surface area contributed by atoms with E-state index in [0.717, 1.165) is 24.1 Å². The Labute approximate surface area is 158 Å². The highest BCUT2D eigenvalue weighted by molar-refractivity contribution is 5.93. The molecule has 1 unspecified atom stereocenters. The third-order valence-corrected chi connectivity index (χ3v) is 5.24. The number of aromatic nitrogens is 2. The lowest BCUT2D eigenvalue weighted by molar-refractivity contribution is -0.142. The maximum atomic E-state index is 12.8. The Kier molecular flexibility index (Phi) is 4.94. The first-order valence-electron chi connectivity index (χ1n) is 9.44. The molecule has 1 atom stereocenters. The van der Waals surface area contributed by atoms with Crippen LogP contribution in [0.4, 0.5) is 0 Å². The Morgan fingerprint density at radius 1 is 1.11 bits per heavy atom. The van der Waals surface area contributed by atoms with Gasteiger partial charge in [0.25, 0.3) is 11.8 Å². The van der Waals surface area contributed by atoms with E-state index >= 15 is 0 Å². The summed E-state index contributed by atoms with van der Waals surface area (Å²) < 4.78 is 5.48. The average molecular weight is 368 g/mol. The van der Waals surface area contributed by atoms with Gasteiger partial charge in [0.05, 0.1) is 5.69 Å². The van der Waals surface area contributed by atoms with Gasteiger partial charge in [0, 0.05) is 38.3 Å². The highest BCUT2D eigenvalue weighted by atomic mass is 16.5. The predicted molar refractivity (Wildman–Crippen MR) is 100 cm³/mol. The second-order valence-electron chi connectivity index (χ2n) is 7.15. The molecule has 2 aliphatic heterocycles. The highest BCUT2D eigenvalue weighted by Crippen LogP contribution is 2.20. The molecule has 2 aromatic rings. The quantitative estimate of drug-likeness (QED) is 0.897. The smallest absolute Gasteiger partial charge is 0.272 e. The third kappa shape index (κ3) is 3.73. The number of carbonyl (C=O) groups excluding carboxylic acids is 2. The van der Waals surface area contributed by atoms with Crippen LogP contribution >= 0.6 is 0 Å². The second-order valence-corrected chi connectivity index (χ2v) is 7.15.